The van der Waals surface area contributed by atoms with Crippen LogP contribution in [0.3, 0.4) is 0 Å². The molecule has 3 nitrogen and oxygen atoms in total. The molecule has 1 atom stereocenters. The lowest BCUT2D eigenvalue weighted by Crippen LogP contribution is -2.63. The Hall–Kier alpha value is -0.570. The average Bonchev–Trinajstić information content (AvgIpc) is 1.81. The number of hydrogen-bond acceptors (Lipinski definition) is 2. The van der Waals surface area contributed by atoms with Crippen LogP contribution in [0.2, 0.25) is 0 Å². The Labute approximate surface area is 61.2 Å². The molecule has 0 saturated carbocycles. The van der Waals surface area contributed by atoms with Crippen molar-refractivity contribution >= 4 is 5.91 Å². The number of piperazine rings is 1. The lowest BCUT2D eigenvalue weighted by Gasteiger charge is -2.33. The van der Waals surface area contributed by atoms with Crippen LogP contribution >= 0.6 is 0 Å². The molecule has 3 heteroatoms. The van der Waals surface area contributed by atoms with Crippen LogP contribution in [0.15, 0.2) is 0 Å². The van der Waals surface area contributed by atoms with Gasteiger partial charge in [0.05, 0.1) is 5.54 Å². The molecule has 1 amide bonds. The van der Waals surface area contributed by atoms with E-state index in [0.717, 1.165) is 6.54 Å². The number of carbonyl (C=O) groups is 1. The smallest absolute Gasteiger partial charge is 0.239 e. The van der Waals surface area contributed by atoms with Gasteiger partial charge in [-0.05, 0) is 20.8 Å². The fourth-order valence-corrected chi connectivity index (χ4v) is 0.944. The summed E-state index contributed by atoms with van der Waals surface area (Å²) in [6.07, 6.45) is 0. The van der Waals surface area contributed by atoms with Gasteiger partial charge in [0.1, 0.15) is 0 Å². The zero-order valence-corrected chi connectivity index (χ0v) is 6.69. The summed E-state index contributed by atoms with van der Waals surface area (Å²) in [6.45, 7) is 6.61. The highest BCUT2D eigenvalue weighted by Crippen LogP contribution is 2.06. The summed E-state index contributed by atoms with van der Waals surface area (Å²) < 4.78 is 0. The number of amides is 1. The fraction of sp³-hybridized carbons (Fsp3) is 0.857. The minimum absolute atomic E-state index is 0.0891. The second kappa shape index (κ2) is 2.23. The van der Waals surface area contributed by atoms with Gasteiger partial charge in [-0.25, -0.2) is 0 Å². The van der Waals surface area contributed by atoms with E-state index < -0.39 is 0 Å². The average molecular weight is 142 g/mol. The Morgan fingerprint density at radius 2 is 2.20 bits per heavy atom. The topological polar surface area (TPSA) is 41.1 Å². The molecule has 0 radical (unpaired) electrons. The van der Waals surface area contributed by atoms with Crippen molar-refractivity contribution in [3.63, 3.8) is 0 Å². The van der Waals surface area contributed by atoms with Crippen molar-refractivity contribution in [1.29, 1.82) is 0 Å². The quantitative estimate of drug-likeness (QED) is 0.495. The van der Waals surface area contributed by atoms with E-state index in [1.165, 1.54) is 0 Å². The largest absolute Gasteiger partial charge is 0.351 e. The lowest BCUT2D eigenvalue weighted by atomic mass is 10.0. The SMILES string of the molecule is C[C@H]1CNC(C)(C)C(=O)N1. The van der Waals surface area contributed by atoms with Gasteiger partial charge < -0.3 is 10.6 Å². The van der Waals surface area contributed by atoms with E-state index >= 15 is 0 Å². The molecule has 0 aromatic rings. The molecule has 0 aromatic carbocycles. The normalized spacial score (nSPS) is 31.5. The molecule has 1 fully saturated rings. The minimum Gasteiger partial charge on any atom is -0.351 e. The van der Waals surface area contributed by atoms with Crippen LogP contribution in [0.5, 0.6) is 0 Å². The van der Waals surface area contributed by atoms with Gasteiger partial charge in [0.25, 0.3) is 0 Å². The summed E-state index contributed by atoms with van der Waals surface area (Å²) in [4.78, 5) is 11.2. The van der Waals surface area contributed by atoms with Gasteiger partial charge in [-0.15, -0.1) is 0 Å². The number of nitrogens with one attached hydrogen (secondary N) is 2. The van der Waals surface area contributed by atoms with Gasteiger partial charge in [-0.3, -0.25) is 4.79 Å². The third kappa shape index (κ3) is 1.29. The highest BCUT2D eigenvalue weighted by atomic mass is 16.2. The highest BCUT2D eigenvalue weighted by Gasteiger charge is 2.31. The molecule has 0 aliphatic carbocycles. The summed E-state index contributed by atoms with van der Waals surface area (Å²) in [5, 5.41) is 6.01. The van der Waals surface area contributed by atoms with E-state index in [2.05, 4.69) is 10.6 Å². The summed E-state index contributed by atoms with van der Waals surface area (Å²) in [5.41, 5.74) is -0.382. The summed E-state index contributed by atoms with van der Waals surface area (Å²) in [5.74, 6) is 0.0891. The van der Waals surface area contributed by atoms with Crippen LogP contribution < -0.4 is 10.6 Å². The third-order valence-corrected chi connectivity index (χ3v) is 1.80. The van der Waals surface area contributed by atoms with Gasteiger partial charge >= 0.3 is 0 Å². The molecule has 10 heavy (non-hydrogen) atoms. The summed E-state index contributed by atoms with van der Waals surface area (Å²) in [7, 11) is 0. The third-order valence-electron chi connectivity index (χ3n) is 1.80. The number of rotatable bonds is 0. The molecular formula is C7H14N2O. The first-order valence-corrected chi connectivity index (χ1v) is 3.58. The van der Waals surface area contributed by atoms with Crippen LogP contribution in [-0.2, 0) is 4.79 Å². The standard InChI is InChI=1S/C7H14N2O/c1-5-4-8-7(2,3)6(10)9-5/h5,8H,4H2,1-3H3,(H,9,10)/t5-/m0/s1. The van der Waals surface area contributed by atoms with Gasteiger partial charge in [-0.1, -0.05) is 0 Å². The van der Waals surface area contributed by atoms with Crippen molar-refractivity contribution in [1.82, 2.24) is 10.6 Å². The molecule has 1 saturated heterocycles. The van der Waals surface area contributed by atoms with Gasteiger partial charge in [0.2, 0.25) is 5.91 Å². The van der Waals surface area contributed by atoms with Gasteiger partial charge in [-0.2, -0.15) is 0 Å². The second-order valence-corrected chi connectivity index (χ2v) is 3.38. The minimum atomic E-state index is -0.382. The molecule has 1 aliphatic rings. The van der Waals surface area contributed by atoms with Crippen molar-refractivity contribution in [2.45, 2.75) is 32.4 Å². The van der Waals surface area contributed by atoms with Crippen molar-refractivity contribution in [2.24, 2.45) is 0 Å². The fourth-order valence-electron chi connectivity index (χ4n) is 0.944. The zero-order chi connectivity index (χ0) is 7.78. The van der Waals surface area contributed by atoms with Crippen molar-refractivity contribution in [3.8, 4) is 0 Å². The summed E-state index contributed by atoms with van der Waals surface area (Å²) >= 11 is 0. The zero-order valence-electron chi connectivity index (χ0n) is 6.69. The monoisotopic (exact) mass is 142 g/mol. The Bertz CT molecular complexity index is 154. The van der Waals surface area contributed by atoms with E-state index in [9.17, 15) is 4.79 Å². The lowest BCUT2D eigenvalue weighted by molar-refractivity contribution is -0.128. The predicted octanol–water partition coefficient (Wildman–Crippen LogP) is -0.127. The van der Waals surface area contributed by atoms with Gasteiger partial charge in [0.15, 0.2) is 0 Å². The van der Waals surface area contributed by atoms with E-state index in [1.807, 2.05) is 20.8 Å². The van der Waals surface area contributed by atoms with Crippen LogP contribution in [-0.4, -0.2) is 24.0 Å². The van der Waals surface area contributed by atoms with Crippen molar-refractivity contribution < 1.29 is 4.79 Å². The van der Waals surface area contributed by atoms with E-state index in [4.69, 9.17) is 0 Å². The molecule has 1 heterocycles. The van der Waals surface area contributed by atoms with Crippen LogP contribution in [0.25, 0.3) is 0 Å². The Morgan fingerprint density at radius 1 is 1.60 bits per heavy atom. The maximum atomic E-state index is 11.2. The number of hydrogen-bond donors (Lipinski definition) is 2. The van der Waals surface area contributed by atoms with Crippen LogP contribution in [0.1, 0.15) is 20.8 Å². The van der Waals surface area contributed by atoms with Crippen LogP contribution in [0.4, 0.5) is 0 Å². The van der Waals surface area contributed by atoms with E-state index in [0.29, 0.717) is 0 Å². The molecule has 0 aromatic heterocycles. The molecule has 1 rings (SSSR count). The first kappa shape index (κ1) is 7.54. The van der Waals surface area contributed by atoms with Crippen molar-refractivity contribution in [2.75, 3.05) is 6.54 Å². The maximum absolute atomic E-state index is 11.2. The molecule has 0 spiro atoms. The molecule has 0 bridgehead atoms. The molecule has 2 N–H and O–H groups in total. The first-order chi connectivity index (χ1) is 4.52. The molecule has 58 valence electrons. The highest BCUT2D eigenvalue weighted by molar-refractivity contribution is 5.86. The first-order valence-electron chi connectivity index (χ1n) is 3.58. The predicted molar refractivity (Wildman–Crippen MR) is 39.7 cm³/mol. The van der Waals surface area contributed by atoms with Crippen LogP contribution in [0, 0.1) is 0 Å². The Balaban J connectivity index is 2.61. The van der Waals surface area contributed by atoms with E-state index in [1.54, 1.807) is 0 Å². The number of carbonyl (C=O) groups excluding carboxylic acids is 1. The van der Waals surface area contributed by atoms with E-state index in [-0.39, 0.29) is 17.5 Å². The molecule has 0 unspecified atom stereocenters. The Morgan fingerprint density at radius 3 is 2.60 bits per heavy atom. The Kier molecular flexibility index (Phi) is 1.68. The maximum Gasteiger partial charge on any atom is 0.239 e. The summed E-state index contributed by atoms with van der Waals surface area (Å²) in [6, 6.07) is 0.264. The van der Waals surface area contributed by atoms with Gasteiger partial charge in [0, 0.05) is 12.6 Å². The molecular weight excluding hydrogens is 128 g/mol. The van der Waals surface area contributed by atoms with Crippen molar-refractivity contribution in [3.05, 3.63) is 0 Å². The second-order valence-electron chi connectivity index (χ2n) is 3.38. The molecule has 1 aliphatic heterocycles.